The Morgan fingerprint density at radius 2 is 2.12 bits per heavy atom. The topological polar surface area (TPSA) is 58.2 Å². The highest BCUT2D eigenvalue weighted by atomic mass is 79.9. The molecular formula is C9H12BrClN2O2S. The third-order valence-electron chi connectivity index (χ3n) is 1.71. The van der Waals surface area contributed by atoms with Gasteiger partial charge in [-0.3, -0.25) is 4.72 Å². The molecule has 0 bridgehead atoms. The highest BCUT2D eigenvalue weighted by molar-refractivity contribution is 9.10. The van der Waals surface area contributed by atoms with E-state index in [1.807, 2.05) is 6.92 Å². The van der Waals surface area contributed by atoms with Crippen LogP contribution in [-0.4, -0.2) is 15.0 Å². The van der Waals surface area contributed by atoms with Gasteiger partial charge in [0, 0.05) is 16.0 Å². The first-order valence-electron chi connectivity index (χ1n) is 4.67. The van der Waals surface area contributed by atoms with Crippen LogP contribution in [0, 0.1) is 0 Å². The van der Waals surface area contributed by atoms with E-state index in [1.165, 1.54) is 6.07 Å². The number of rotatable bonds is 5. The van der Waals surface area contributed by atoms with Crippen LogP contribution in [0.15, 0.2) is 22.7 Å². The number of anilines is 1. The molecule has 0 unspecified atom stereocenters. The molecule has 0 saturated heterocycles. The Morgan fingerprint density at radius 3 is 2.75 bits per heavy atom. The van der Waals surface area contributed by atoms with Crippen LogP contribution in [-0.2, 0) is 10.2 Å². The zero-order chi connectivity index (χ0) is 12.2. The van der Waals surface area contributed by atoms with E-state index >= 15 is 0 Å². The molecule has 0 amide bonds. The summed E-state index contributed by atoms with van der Waals surface area (Å²) < 4.78 is 28.5. The van der Waals surface area contributed by atoms with Crippen molar-refractivity contribution >= 4 is 43.4 Å². The first-order chi connectivity index (χ1) is 7.44. The van der Waals surface area contributed by atoms with Crippen LogP contribution in [0.5, 0.6) is 0 Å². The van der Waals surface area contributed by atoms with Crippen molar-refractivity contribution in [3.8, 4) is 0 Å². The van der Waals surface area contributed by atoms with Crippen LogP contribution in [0.4, 0.5) is 5.69 Å². The largest absolute Gasteiger partial charge is 0.299 e. The van der Waals surface area contributed by atoms with E-state index in [-0.39, 0.29) is 0 Å². The van der Waals surface area contributed by atoms with Gasteiger partial charge in [0.2, 0.25) is 0 Å². The maximum atomic E-state index is 11.5. The molecule has 2 N–H and O–H groups in total. The highest BCUT2D eigenvalue weighted by Crippen LogP contribution is 2.26. The number of benzene rings is 1. The molecule has 0 fully saturated rings. The van der Waals surface area contributed by atoms with Gasteiger partial charge in [0.25, 0.3) is 10.2 Å². The van der Waals surface area contributed by atoms with E-state index in [0.717, 1.165) is 6.42 Å². The molecular weight excluding hydrogens is 316 g/mol. The lowest BCUT2D eigenvalue weighted by atomic mass is 10.3. The minimum absolute atomic E-state index is 0.396. The maximum Gasteiger partial charge on any atom is 0.299 e. The minimum Gasteiger partial charge on any atom is -0.270 e. The monoisotopic (exact) mass is 326 g/mol. The SMILES string of the molecule is CCCNS(=O)(=O)Nc1cc(Cl)ccc1Br. The maximum absolute atomic E-state index is 11.5. The van der Waals surface area contributed by atoms with Gasteiger partial charge in [0.1, 0.15) is 0 Å². The normalized spacial score (nSPS) is 11.4. The average Bonchev–Trinajstić information content (AvgIpc) is 2.20. The second-order valence-electron chi connectivity index (χ2n) is 3.12. The lowest BCUT2D eigenvalue weighted by molar-refractivity contribution is 0.586. The Hall–Kier alpha value is -0.300. The van der Waals surface area contributed by atoms with Crippen LogP contribution in [0.1, 0.15) is 13.3 Å². The second kappa shape index (κ2) is 5.86. The molecule has 7 heteroatoms. The van der Waals surface area contributed by atoms with Crippen molar-refractivity contribution in [1.29, 1.82) is 0 Å². The third-order valence-corrected chi connectivity index (χ3v) is 3.71. The molecule has 4 nitrogen and oxygen atoms in total. The van der Waals surface area contributed by atoms with E-state index < -0.39 is 10.2 Å². The Bertz CT molecular complexity index is 465. The zero-order valence-electron chi connectivity index (χ0n) is 8.63. The van der Waals surface area contributed by atoms with Gasteiger partial charge in [-0.25, -0.2) is 0 Å². The van der Waals surface area contributed by atoms with Crippen molar-refractivity contribution in [2.45, 2.75) is 13.3 Å². The van der Waals surface area contributed by atoms with Gasteiger partial charge in [0.15, 0.2) is 0 Å². The molecule has 0 aliphatic carbocycles. The van der Waals surface area contributed by atoms with E-state index in [9.17, 15) is 8.42 Å². The Balaban J connectivity index is 2.83. The van der Waals surface area contributed by atoms with E-state index in [4.69, 9.17) is 11.6 Å². The van der Waals surface area contributed by atoms with Gasteiger partial charge in [-0.1, -0.05) is 18.5 Å². The molecule has 16 heavy (non-hydrogen) atoms. The van der Waals surface area contributed by atoms with Gasteiger partial charge < -0.3 is 0 Å². The van der Waals surface area contributed by atoms with Crippen LogP contribution < -0.4 is 9.44 Å². The van der Waals surface area contributed by atoms with Gasteiger partial charge in [-0.15, -0.1) is 0 Å². The van der Waals surface area contributed by atoms with Crippen molar-refractivity contribution in [3.05, 3.63) is 27.7 Å². The van der Waals surface area contributed by atoms with Gasteiger partial charge in [-0.05, 0) is 40.5 Å². The summed E-state index contributed by atoms with van der Waals surface area (Å²) in [6.07, 6.45) is 0.734. The van der Waals surface area contributed by atoms with Crippen LogP contribution in [0.2, 0.25) is 5.02 Å². The van der Waals surface area contributed by atoms with Crippen molar-refractivity contribution in [1.82, 2.24) is 4.72 Å². The summed E-state index contributed by atoms with van der Waals surface area (Å²) in [7, 11) is -3.52. The second-order valence-corrected chi connectivity index (χ2v) is 5.91. The first kappa shape index (κ1) is 13.8. The van der Waals surface area contributed by atoms with E-state index in [2.05, 4.69) is 25.4 Å². The summed E-state index contributed by atoms with van der Waals surface area (Å²) in [6, 6.07) is 4.89. The predicted molar refractivity (Wildman–Crippen MR) is 70.0 cm³/mol. The molecule has 0 saturated carbocycles. The summed E-state index contributed by atoms with van der Waals surface area (Å²) in [5, 5.41) is 0.469. The summed E-state index contributed by atoms with van der Waals surface area (Å²) in [4.78, 5) is 0. The fraction of sp³-hybridized carbons (Fsp3) is 0.333. The summed E-state index contributed by atoms with van der Waals surface area (Å²) in [5.41, 5.74) is 0.413. The Kier molecular flexibility index (Phi) is 5.04. The van der Waals surface area contributed by atoms with Crippen LogP contribution in [0.3, 0.4) is 0 Å². The molecule has 0 heterocycles. The lowest BCUT2D eigenvalue weighted by Gasteiger charge is -2.10. The summed E-state index contributed by atoms with van der Waals surface area (Å²) >= 11 is 9.01. The fourth-order valence-corrected chi connectivity index (χ4v) is 2.65. The number of hydrogen-bond acceptors (Lipinski definition) is 2. The third kappa shape index (κ3) is 4.29. The number of hydrogen-bond donors (Lipinski definition) is 2. The Morgan fingerprint density at radius 1 is 1.44 bits per heavy atom. The van der Waals surface area contributed by atoms with Crippen LogP contribution in [0.25, 0.3) is 0 Å². The van der Waals surface area contributed by atoms with Crippen LogP contribution >= 0.6 is 27.5 Å². The molecule has 1 aromatic rings. The molecule has 1 rings (SSSR count). The molecule has 1 aromatic carbocycles. The van der Waals surface area contributed by atoms with Crippen molar-refractivity contribution in [2.24, 2.45) is 0 Å². The van der Waals surface area contributed by atoms with E-state index in [0.29, 0.717) is 21.7 Å². The summed E-state index contributed by atoms with van der Waals surface area (Å²) in [5.74, 6) is 0. The molecule has 0 aromatic heterocycles. The van der Waals surface area contributed by atoms with Gasteiger partial charge in [-0.2, -0.15) is 13.1 Å². The van der Waals surface area contributed by atoms with Gasteiger partial charge in [0.05, 0.1) is 5.69 Å². The average molecular weight is 328 g/mol. The Labute approximate surface area is 109 Å². The zero-order valence-corrected chi connectivity index (χ0v) is 11.8. The smallest absolute Gasteiger partial charge is 0.270 e. The van der Waals surface area contributed by atoms with E-state index in [1.54, 1.807) is 12.1 Å². The number of halogens is 2. The predicted octanol–water partition coefficient (Wildman–Crippen LogP) is 2.76. The molecule has 0 aliphatic heterocycles. The fourth-order valence-electron chi connectivity index (χ4n) is 0.993. The first-order valence-corrected chi connectivity index (χ1v) is 7.32. The minimum atomic E-state index is -3.52. The molecule has 0 radical (unpaired) electrons. The molecule has 90 valence electrons. The van der Waals surface area contributed by atoms with Crippen molar-refractivity contribution in [3.63, 3.8) is 0 Å². The number of nitrogens with one attached hydrogen (secondary N) is 2. The molecule has 0 atom stereocenters. The highest BCUT2D eigenvalue weighted by Gasteiger charge is 2.10. The van der Waals surface area contributed by atoms with Crippen molar-refractivity contribution < 1.29 is 8.42 Å². The lowest BCUT2D eigenvalue weighted by Crippen LogP contribution is -2.30. The van der Waals surface area contributed by atoms with Crippen molar-refractivity contribution in [2.75, 3.05) is 11.3 Å². The standard InChI is InChI=1S/C9H12BrClN2O2S/c1-2-5-12-16(14,15)13-9-6-7(11)3-4-8(9)10/h3-4,6,12-13H,2,5H2,1H3. The molecule has 0 spiro atoms. The molecule has 0 aliphatic rings. The van der Waals surface area contributed by atoms with Gasteiger partial charge >= 0.3 is 0 Å². The summed E-state index contributed by atoms with van der Waals surface area (Å²) in [6.45, 7) is 2.28. The quantitative estimate of drug-likeness (QED) is 0.873.